The molecule has 0 bridgehead atoms. The Labute approximate surface area is 219 Å². The zero-order valence-electron chi connectivity index (χ0n) is 22.8. The molecule has 3 aromatic rings. The minimum absolute atomic E-state index is 0.144. The molecule has 1 atom stereocenters. The second-order valence-electron chi connectivity index (χ2n) is 10.1. The smallest absolute Gasteiger partial charge is 0.290 e. The van der Waals surface area contributed by atoms with E-state index in [4.69, 9.17) is 13.9 Å². The number of benzene rings is 2. The number of hydrogen-bond acceptors (Lipinski definition) is 5. The number of carbonyl (C=O) groups is 1. The van der Waals surface area contributed by atoms with Crippen molar-refractivity contribution in [1.82, 2.24) is 4.90 Å². The van der Waals surface area contributed by atoms with Crippen molar-refractivity contribution in [3.63, 3.8) is 0 Å². The molecule has 2 aromatic carbocycles. The molecule has 1 amide bonds. The predicted molar refractivity (Wildman–Crippen MR) is 147 cm³/mol. The number of carbonyl (C=O) groups excluding carboxylic acids is 1. The predicted octanol–water partition coefficient (Wildman–Crippen LogP) is 7.11. The average Bonchev–Trinajstić information content (AvgIpc) is 3.16. The third-order valence-corrected chi connectivity index (χ3v) is 7.16. The van der Waals surface area contributed by atoms with Crippen LogP contribution in [0.5, 0.6) is 11.5 Å². The van der Waals surface area contributed by atoms with Gasteiger partial charge in [-0.1, -0.05) is 58.1 Å². The summed E-state index contributed by atoms with van der Waals surface area (Å²) in [7, 11) is 1.61. The van der Waals surface area contributed by atoms with E-state index in [0.717, 1.165) is 48.8 Å². The van der Waals surface area contributed by atoms with Gasteiger partial charge in [-0.25, -0.2) is 0 Å². The Bertz CT molecular complexity index is 1330. The lowest BCUT2D eigenvalue weighted by Crippen LogP contribution is -2.30. The van der Waals surface area contributed by atoms with Gasteiger partial charge >= 0.3 is 0 Å². The van der Waals surface area contributed by atoms with Gasteiger partial charge in [-0.05, 0) is 61.6 Å². The van der Waals surface area contributed by atoms with Crippen LogP contribution in [0.4, 0.5) is 0 Å². The molecule has 0 spiro atoms. The molecule has 4 rings (SSSR count). The lowest BCUT2D eigenvalue weighted by atomic mass is 9.97. The summed E-state index contributed by atoms with van der Waals surface area (Å²) in [5.41, 5.74) is 3.41. The largest absolute Gasteiger partial charge is 0.493 e. The second-order valence-corrected chi connectivity index (χ2v) is 10.1. The van der Waals surface area contributed by atoms with Gasteiger partial charge in [-0.15, -0.1) is 0 Å². The molecule has 0 saturated carbocycles. The number of ether oxygens (including phenoxy) is 2. The van der Waals surface area contributed by atoms with Gasteiger partial charge in [0.15, 0.2) is 16.9 Å². The molecule has 198 valence electrons. The Hall–Kier alpha value is -3.28. The molecular formula is C31H39NO5. The molecule has 6 heteroatoms. The molecule has 0 N–H and O–H groups in total. The first-order chi connectivity index (χ1) is 17.9. The molecule has 0 aliphatic carbocycles. The zero-order chi connectivity index (χ0) is 26.5. The van der Waals surface area contributed by atoms with E-state index in [1.54, 1.807) is 12.0 Å². The SMILES string of the molecule is CCCCCCOc1ccc(C2c3c(oc4c(C)cc(C)cc4c3=O)C(=O)N2CCCCC)cc1OC. The zero-order valence-corrected chi connectivity index (χ0v) is 22.8. The van der Waals surface area contributed by atoms with Gasteiger partial charge in [-0.3, -0.25) is 9.59 Å². The molecule has 1 aliphatic heterocycles. The van der Waals surface area contributed by atoms with Crippen LogP contribution in [-0.2, 0) is 0 Å². The average molecular weight is 506 g/mol. The maximum absolute atomic E-state index is 13.9. The highest BCUT2D eigenvalue weighted by atomic mass is 16.5. The molecule has 1 aromatic heterocycles. The van der Waals surface area contributed by atoms with E-state index < -0.39 is 6.04 Å². The molecule has 2 heterocycles. The Kier molecular flexibility index (Phi) is 8.57. The van der Waals surface area contributed by atoms with Crippen LogP contribution in [0.3, 0.4) is 0 Å². The van der Waals surface area contributed by atoms with Gasteiger partial charge in [0, 0.05) is 6.54 Å². The van der Waals surface area contributed by atoms with Crippen LogP contribution in [0, 0.1) is 13.8 Å². The summed E-state index contributed by atoms with van der Waals surface area (Å²) in [6.45, 7) is 9.36. The lowest BCUT2D eigenvalue weighted by Gasteiger charge is -2.26. The van der Waals surface area contributed by atoms with Gasteiger partial charge < -0.3 is 18.8 Å². The van der Waals surface area contributed by atoms with Crippen molar-refractivity contribution in [2.75, 3.05) is 20.3 Å². The Balaban J connectivity index is 1.78. The van der Waals surface area contributed by atoms with Gasteiger partial charge in [0.1, 0.15) is 5.58 Å². The fraction of sp³-hybridized carbons (Fsp3) is 0.484. The van der Waals surface area contributed by atoms with Crippen LogP contribution in [0.15, 0.2) is 39.5 Å². The van der Waals surface area contributed by atoms with Crippen molar-refractivity contribution >= 4 is 16.9 Å². The Morgan fingerprint density at radius 2 is 1.68 bits per heavy atom. The van der Waals surface area contributed by atoms with Gasteiger partial charge in [0.25, 0.3) is 5.91 Å². The Morgan fingerprint density at radius 3 is 2.41 bits per heavy atom. The number of rotatable bonds is 12. The molecular weight excluding hydrogens is 466 g/mol. The van der Waals surface area contributed by atoms with Crippen molar-refractivity contribution in [1.29, 1.82) is 0 Å². The molecule has 0 fully saturated rings. The number of unbranched alkanes of at least 4 members (excludes halogenated alkanes) is 5. The normalized spacial score (nSPS) is 14.9. The number of nitrogens with zero attached hydrogens (tertiary/aromatic N) is 1. The summed E-state index contributed by atoms with van der Waals surface area (Å²) in [6, 6.07) is 9.01. The van der Waals surface area contributed by atoms with E-state index in [-0.39, 0.29) is 17.1 Å². The van der Waals surface area contributed by atoms with Crippen LogP contribution in [0.25, 0.3) is 11.0 Å². The lowest BCUT2D eigenvalue weighted by molar-refractivity contribution is 0.0724. The topological polar surface area (TPSA) is 69.0 Å². The van der Waals surface area contributed by atoms with Crippen molar-refractivity contribution in [2.24, 2.45) is 0 Å². The van der Waals surface area contributed by atoms with E-state index in [9.17, 15) is 9.59 Å². The summed E-state index contributed by atoms with van der Waals surface area (Å²) in [5, 5.41) is 0.517. The minimum Gasteiger partial charge on any atom is -0.493 e. The van der Waals surface area contributed by atoms with Crippen LogP contribution >= 0.6 is 0 Å². The summed E-state index contributed by atoms with van der Waals surface area (Å²) in [4.78, 5) is 29.3. The fourth-order valence-electron chi connectivity index (χ4n) is 5.27. The summed E-state index contributed by atoms with van der Waals surface area (Å²) in [5.74, 6) is 1.19. The molecule has 6 nitrogen and oxygen atoms in total. The van der Waals surface area contributed by atoms with E-state index in [2.05, 4.69) is 13.8 Å². The maximum Gasteiger partial charge on any atom is 0.290 e. The van der Waals surface area contributed by atoms with Crippen molar-refractivity contribution in [2.45, 2.75) is 78.7 Å². The molecule has 0 saturated heterocycles. The number of methoxy groups -OCH3 is 1. The summed E-state index contributed by atoms with van der Waals surface area (Å²) >= 11 is 0. The van der Waals surface area contributed by atoms with Crippen molar-refractivity contribution < 1.29 is 18.7 Å². The van der Waals surface area contributed by atoms with Gasteiger partial charge in [0.05, 0.1) is 30.7 Å². The first-order valence-electron chi connectivity index (χ1n) is 13.6. The van der Waals surface area contributed by atoms with E-state index in [1.165, 1.54) is 12.8 Å². The van der Waals surface area contributed by atoms with E-state index in [1.807, 2.05) is 44.2 Å². The highest BCUT2D eigenvalue weighted by molar-refractivity contribution is 5.99. The van der Waals surface area contributed by atoms with Crippen LogP contribution < -0.4 is 14.9 Å². The summed E-state index contributed by atoms with van der Waals surface area (Å²) < 4.78 is 17.9. The number of amides is 1. The van der Waals surface area contributed by atoms with Crippen LogP contribution in [-0.4, -0.2) is 31.1 Å². The number of fused-ring (bicyclic) bond motifs is 2. The van der Waals surface area contributed by atoms with Crippen molar-refractivity contribution in [3.05, 3.63) is 68.6 Å². The van der Waals surface area contributed by atoms with Crippen LogP contribution in [0.1, 0.15) is 97.6 Å². The minimum atomic E-state index is -0.534. The monoisotopic (exact) mass is 505 g/mol. The number of hydrogen-bond donors (Lipinski definition) is 0. The highest BCUT2D eigenvalue weighted by Crippen LogP contribution is 2.41. The standard InChI is InChI=1S/C31H39NO5/c1-6-8-10-12-16-36-24-14-13-22(19-25(24)35-5)27-26-28(33)23-18-20(3)17-21(4)29(23)37-30(26)31(34)32(27)15-11-9-7-2/h13-14,17-19,27H,6-12,15-16H2,1-5H3. The summed E-state index contributed by atoms with van der Waals surface area (Å²) in [6.07, 6.45) is 7.39. The van der Waals surface area contributed by atoms with E-state index >= 15 is 0 Å². The third kappa shape index (κ3) is 5.39. The fourth-order valence-corrected chi connectivity index (χ4v) is 5.27. The van der Waals surface area contributed by atoms with Crippen molar-refractivity contribution in [3.8, 4) is 11.5 Å². The Morgan fingerprint density at radius 1 is 0.919 bits per heavy atom. The van der Waals surface area contributed by atoms with Gasteiger partial charge in [0.2, 0.25) is 5.76 Å². The molecule has 0 radical (unpaired) electrons. The molecule has 1 aliphatic rings. The van der Waals surface area contributed by atoms with Gasteiger partial charge in [-0.2, -0.15) is 0 Å². The maximum atomic E-state index is 13.9. The quantitative estimate of drug-likeness (QED) is 0.245. The van der Waals surface area contributed by atoms with Crippen LogP contribution in [0.2, 0.25) is 0 Å². The highest BCUT2D eigenvalue weighted by Gasteiger charge is 2.42. The third-order valence-electron chi connectivity index (χ3n) is 7.16. The second kappa shape index (κ2) is 11.8. The molecule has 37 heavy (non-hydrogen) atoms. The number of aryl methyl sites for hydroxylation is 2. The first-order valence-corrected chi connectivity index (χ1v) is 13.6. The first kappa shape index (κ1) is 26.8. The van der Waals surface area contributed by atoms with E-state index in [0.29, 0.717) is 41.2 Å². The molecule has 1 unspecified atom stereocenters.